The molecule has 0 saturated carbocycles. The third-order valence-corrected chi connectivity index (χ3v) is 7.22. The molecule has 1 unspecified atom stereocenters. The van der Waals surface area contributed by atoms with E-state index in [9.17, 15) is 16.8 Å². The predicted molar refractivity (Wildman–Crippen MR) is 92.2 cm³/mol. The lowest BCUT2D eigenvalue weighted by Crippen LogP contribution is -2.33. The monoisotopic (exact) mass is 391 g/mol. The Hall–Kier alpha value is -1.35. The van der Waals surface area contributed by atoms with Gasteiger partial charge in [0.2, 0.25) is 10.0 Å². The summed E-state index contributed by atoms with van der Waals surface area (Å²) in [6.07, 6.45) is 1.78. The second-order valence-corrected chi connectivity index (χ2v) is 9.66. The summed E-state index contributed by atoms with van der Waals surface area (Å²) >= 11 is 5.79. The molecule has 1 N–H and O–H groups in total. The van der Waals surface area contributed by atoms with Crippen molar-refractivity contribution in [3.8, 4) is 0 Å². The van der Waals surface area contributed by atoms with E-state index in [1.165, 1.54) is 36.6 Å². The average molecular weight is 392 g/mol. The first-order chi connectivity index (χ1) is 11.3. The van der Waals surface area contributed by atoms with Crippen molar-refractivity contribution >= 4 is 31.5 Å². The first kappa shape index (κ1) is 19.0. The molecule has 0 aliphatic carbocycles. The van der Waals surface area contributed by atoms with Crippen molar-refractivity contribution in [2.24, 2.45) is 0 Å². The third kappa shape index (κ3) is 4.60. The molecular weight excluding hydrogens is 374 g/mol. The van der Waals surface area contributed by atoms with Gasteiger partial charge in [0, 0.05) is 11.6 Å². The van der Waals surface area contributed by atoms with Crippen LogP contribution in [0.25, 0.3) is 0 Å². The number of nitrogens with one attached hydrogen (secondary N) is 1. The van der Waals surface area contributed by atoms with Crippen LogP contribution in [0, 0.1) is 0 Å². The zero-order valence-corrected chi connectivity index (χ0v) is 15.4. The minimum absolute atomic E-state index is 0.0444. The molecule has 1 atom stereocenters. The molecule has 2 aromatic rings. The van der Waals surface area contributed by atoms with E-state index in [2.05, 4.69) is 4.72 Å². The van der Waals surface area contributed by atoms with Gasteiger partial charge in [-0.25, -0.2) is 21.6 Å². The minimum Gasteiger partial charge on any atom is -0.468 e. The van der Waals surface area contributed by atoms with E-state index in [1.807, 2.05) is 0 Å². The number of furan rings is 1. The number of benzene rings is 1. The summed E-state index contributed by atoms with van der Waals surface area (Å²) < 4.78 is 57.0. The summed E-state index contributed by atoms with van der Waals surface area (Å²) in [6.45, 7) is 1.43. The van der Waals surface area contributed by atoms with Crippen LogP contribution in [0.3, 0.4) is 0 Å². The number of sulfonamides is 1. The van der Waals surface area contributed by atoms with Gasteiger partial charge in [-0.2, -0.15) is 0 Å². The lowest BCUT2D eigenvalue weighted by Gasteiger charge is -2.16. The summed E-state index contributed by atoms with van der Waals surface area (Å²) in [5, 5.41) is -0.757. The Kier molecular flexibility index (Phi) is 6.08. The summed E-state index contributed by atoms with van der Waals surface area (Å²) in [4.78, 5) is 0.0444. The average Bonchev–Trinajstić information content (AvgIpc) is 3.01. The molecular formula is C15H18ClNO5S2. The highest BCUT2D eigenvalue weighted by Crippen LogP contribution is 2.29. The standard InChI is InChI=1S/C15H18ClNO5S2/c1-2-10-23(18,19)17-11-15(14-4-3-9-22-14)24(20,21)13-7-5-12(16)6-8-13/h3-9,15,17H,2,10-11H2,1H3. The van der Waals surface area contributed by atoms with Crippen LogP contribution in [0.5, 0.6) is 0 Å². The molecule has 0 aliphatic rings. The summed E-state index contributed by atoms with van der Waals surface area (Å²) in [6, 6.07) is 8.76. The molecule has 9 heteroatoms. The number of hydrogen-bond acceptors (Lipinski definition) is 5. The van der Waals surface area contributed by atoms with Crippen LogP contribution in [0.4, 0.5) is 0 Å². The van der Waals surface area contributed by atoms with Gasteiger partial charge in [0.05, 0.1) is 16.9 Å². The summed E-state index contributed by atoms with van der Waals surface area (Å²) in [7, 11) is -7.40. The van der Waals surface area contributed by atoms with E-state index in [1.54, 1.807) is 13.0 Å². The van der Waals surface area contributed by atoms with Gasteiger partial charge in [-0.15, -0.1) is 0 Å². The Balaban J connectivity index is 2.35. The Morgan fingerprint density at radius 2 is 1.79 bits per heavy atom. The zero-order chi connectivity index (χ0) is 17.8. The molecule has 1 aromatic heterocycles. The van der Waals surface area contributed by atoms with E-state index in [4.69, 9.17) is 16.0 Å². The molecule has 1 aromatic carbocycles. The second kappa shape index (κ2) is 7.69. The van der Waals surface area contributed by atoms with E-state index in [-0.39, 0.29) is 23.0 Å². The van der Waals surface area contributed by atoms with E-state index in [0.29, 0.717) is 11.4 Å². The molecule has 1 heterocycles. The molecule has 6 nitrogen and oxygen atoms in total. The molecule has 0 fully saturated rings. The van der Waals surface area contributed by atoms with Crippen LogP contribution in [0.15, 0.2) is 52.0 Å². The van der Waals surface area contributed by atoms with Crippen molar-refractivity contribution in [3.63, 3.8) is 0 Å². The molecule has 132 valence electrons. The minimum atomic E-state index is -3.86. The van der Waals surface area contributed by atoms with Crippen molar-refractivity contribution in [3.05, 3.63) is 53.4 Å². The SMILES string of the molecule is CCCS(=O)(=O)NCC(c1ccco1)S(=O)(=O)c1ccc(Cl)cc1. The molecule has 0 spiro atoms. The quantitative estimate of drug-likeness (QED) is 0.746. The lowest BCUT2D eigenvalue weighted by molar-refractivity contribution is 0.486. The molecule has 0 aliphatic heterocycles. The van der Waals surface area contributed by atoms with Crippen LogP contribution >= 0.6 is 11.6 Å². The van der Waals surface area contributed by atoms with Gasteiger partial charge in [0.15, 0.2) is 9.84 Å². The highest BCUT2D eigenvalue weighted by Gasteiger charge is 2.32. The fourth-order valence-corrected chi connectivity index (χ4v) is 5.09. The zero-order valence-electron chi connectivity index (χ0n) is 13.0. The fraction of sp³-hybridized carbons (Fsp3) is 0.333. The number of sulfone groups is 1. The van der Waals surface area contributed by atoms with Gasteiger partial charge in [0.25, 0.3) is 0 Å². The van der Waals surface area contributed by atoms with Crippen LogP contribution in [0.1, 0.15) is 24.4 Å². The van der Waals surface area contributed by atoms with Crippen LogP contribution in [-0.4, -0.2) is 29.1 Å². The third-order valence-electron chi connectivity index (χ3n) is 3.34. The van der Waals surface area contributed by atoms with Crippen molar-refractivity contribution in [1.29, 1.82) is 0 Å². The maximum absolute atomic E-state index is 12.9. The Morgan fingerprint density at radius 3 is 2.33 bits per heavy atom. The smallest absolute Gasteiger partial charge is 0.211 e. The van der Waals surface area contributed by atoms with Gasteiger partial charge < -0.3 is 4.42 Å². The highest BCUT2D eigenvalue weighted by molar-refractivity contribution is 7.92. The van der Waals surface area contributed by atoms with Crippen molar-refractivity contribution < 1.29 is 21.3 Å². The normalized spacial score (nSPS) is 13.8. The van der Waals surface area contributed by atoms with Gasteiger partial charge in [-0.1, -0.05) is 18.5 Å². The molecule has 2 rings (SSSR count). The largest absolute Gasteiger partial charge is 0.468 e. The van der Waals surface area contributed by atoms with Crippen molar-refractivity contribution in [2.75, 3.05) is 12.3 Å². The van der Waals surface area contributed by atoms with Gasteiger partial charge in [-0.3, -0.25) is 0 Å². The Morgan fingerprint density at radius 1 is 1.12 bits per heavy atom. The van der Waals surface area contributed by atoms with E-state index < -0.39 is 25.1 Å². The molecule has 0 radical (unpaired) electrons. The number of rotatable bonds is 8. The summed E-state index contributed by atoms with van der Waals surface area (Å²) in [5.41, 5.74) is 0. The molecule has 24 heavy (non-hydrogen) atoms. The maximum Gasteiger partial charge on any atom is 0.211 e. The van der Waals surface area contributed by atoms with Gasteiger partial charge >= 0.3 is 0 Å². The first-order valence-corrected chi connectivity index (χ1v) is 10.8. The van der Waals surface area contributed by atoms with Crippen LogP contribution in [-0.2, 0) is 19.9 Å². The maximum atomic E-state index is 12.9. The van der Waals surface area contributed by atoms with Crippen molar-refractivity contribution in [1.82, 2.24) is 4.72 Å². The fourth-order valence-electron chi connectivity index (χ4n) is 2.17. The summed E-state index contributed by atoms with van der Waals surface area (Å²) in [5.74, 6) is 0.0999. The number of hydrogen-bond donors (Lipinski definition) is 1. The van der Waals surface area contributed by atoms with E-state index in [0.717, 1.165) is 0 Å². The Bertz CT molecular complexity index is 859. The van der Waals surface area contributed by atoms with E-state index >= 15 is 0 Å². The first-order valence-electron chi connectivity index (χ1n) is 7.26. The predicted octanol–water partition coefficient (Wildman–Crippen LogP) is 2.78. The number of halogens is 1. The lowest BCUT2D eigenvalue weighted by atomic mass is 10.3. The molecule has 0 amide bonds. The van der Waals surface area contributed by atoms with Crippen LogP contribution in [0.2, 0.25) is 5.02 Å². The van der Waals surface area contributed by atoms with Gasteiger partial charge in [0.1, 0.15) is 11.0 Å². The highest BCUT2D eigenvalue weighted by atomic mass is 35.5. The topological polar surface area (TPSA) is 93.4 Å². The molecule has 0 saturated heterocycles. The second-order valence-electron chi connectivity index (χ2n) is 5.17. The van der Waals surface area contributed by atoms with Gasteiger partial charge in [-0.05, 0) is 42.8 Å². The van der Waals surface area contributed by atoms with Crippen LogP contribution < -0.4 is 4.72 Å². The van der Waals surface area contributed by atoms with Crippen molar-refractivity contribution in [2.45, 2.75) is 23.5 Å². The Labute approximate surface area is 146 Å². The molecule has 0 bridgehead atoms.